The average molecular weight is 291 g/mol. The zero-order chi connectivity index (χ0) is 14.6. The summed E-state index contributed by atoms with van der Waals surface area (Å²) in [5.41, 5.74) is 7.25. The van der Waals surface area contributed by atoms with E-state index in [1.165, 1.54) is 0 Å². The molecule has 0 aliphatic rings. The number of nitrogens with two attached hydrogens (primary N) is 1. The summed E-state index contributed by atoms with van der Waals surface area (Å²) in [7, 11) is -1.80. The third-order valence-electron chi connectivity index (χ3n) is 3.03. The van der Waals surface area contributed by atoms with E-state index in [4.69, 9.17) is 10.5 Å². The topological polar surface area (TPSA) is 69.4 Å². The van der Waals surface area contributed by atoms with E-state index in [-0.39, 0.29) is 5.75 Å². The minimum Gasteiger partial charge on any atom is -0.497 e. The predicted molar refractivity (Wildman–Crippen MR) is 78.2 cm³/mol. The van der Waals surface area contributed by atoms with Crippen molar-refractivity contribution in [2.75, 3.05) is 7.11 Å². The van der Waals surface area contributed by atoms with E-state index < -0.39 is 9.84 Å². The maximum absolute atomic E-state index is 12.3. The lowest BCUT2D eigenvalue weighted by Crippen LogP contribution is -2.05. The van der Waals surface area contributed by atoms with E-state index in [0.717, 1.165) is 11.1 Å². The Hall–Kier alpha value is -1.85. The summed E-state index contributed by atoms with van der Waals surface area (Å²) in [6.07, 6.45) is 0. The van der Waals surface area contributed by atoms with Crippen LogP contribution >= 0.6 is 0 Å². The molecule has 0 bridgehead atoms. The summed E-state index contributed by atoms with van der Waals surface area (Å²) < 4.78 is 29.6. The smallest absolute Gasteiger partial charge is 0.182 e. The summed E-state index contributed by atoms with van der Waals surface area (Å²) in [5, 5.41) is 0. The van der Waals surface area contributed by atoms with Crippen LogP contribution in [0.1, 0.15) is 11.1 Å². The molecule has 0 saturated carbocycles. The van der Waals surface area contributed by atoms with Crippen LogP contribution < -0.4 is 10.5 Å². The maximum Gasteiger partial charge on any atom is 0.182 e. The molecule has 0 aromatic heterocycles. The molecular weight excluding hydrogens is 274 g/mol. The molecule has 0 spiro atoms. The molecule has 0 fully saturated rings. The Bertz CT molecular complexity index is 661. The van der Waals surface area contributed by atoms with Crippen LogP contribution in [0.25, 0.3) is 0 Å². The number of hydrogen-bond acceptors (Lipinski definition) is 4. The van der Waals surface area contributed by atoms with Crippen LogP contribution in [0.2, 0.25) is 0 Å². The van der Waals surface area contributed by atoms with Crippen molar-refractivity contribution in [3.63, 3.8) is 0 Å². The molecule has 2 aromatic rings. The van der Waals surface area contributed by atoms with Crippen molar-refractivity contribution in [1.29, 1.82) is 0 Å². The standard InChI is InChI=1S/C15H17NO3S/c1-19-14-6-8-15(9-7-14)20(17,18)11-13-4-2-12(10-16)3-5-13/h2-9H,10-11,16H2,1H3. The third-order valence-corrected chi connectivity index (χ3v) is 4.74. The van der Waals surface area contributed by atoms with Gasteiger partial charge in [-0.15, -0.1) is 0 Å². The maximum atomic E-state index is 12.3. The molecule has 4 nitrogen and oxygen atoms in total. The molecule has 0 heterocycles. The van der Waals surface area contributed by atoms with Gasteiger partial charge < -0.3 is 10.5 Å². The van der Waals surface area contributed by atoms with Gasteiger partial charge in [-0.3, -0.25) is 0 Å². The van der Waals surface area contributed by atoms with Crippen LogP contribution in [0.15, 0.2) is 53.4 Å². The molecule has 106 valence electrons. The summed E-state index contributed by atoms with van der Waals surface area (Å²) in [6.45, 7) is 0.450. The number of rotatable bonds is 5. The van der Waals surface area contributed by atoms with Gasteiger partial charge in [0.25, 0.3) is 0 Å². The molecule has 0 atom stereocenters. The summed E-state index contributed by atoms with van der Waals surface area (Å²) >= 11 is 0. The van der Waals surface area contributed by atoms with Gasteiger partial charge in [0.1, 0.15) is 5.75 Å². The number of sulfone groups is 1. The highest BCUT2D eigenvalue weighted by atomic mass is 32.2. The fraction of sp³-hybridized carbons (Fsp3) is 0.200. The number of hydrogen-bond donors (Lipinski definition) is 1. The van der Waals surface area contributed by atoms with E-state index in [0.29, 0.717) is 17.2 Å². The second-order valence-corrected chi connectivity index (χ2v) is 6.44. The molecule has 0 aliphatic heterocycles. The molecule has 20 heavy (non-hydrogen) atoms. The van der Waals surface area contributed by atoms with Gasteiger partial charge >= 0.3 is 0 Å². The first-order valence-corrected chi connectivity index (χ1v) is 7.85. The highest BCUT2D eigenvalue weighted by molar-refractivity contribution is 7.90. The molecular formula is C15H17NO3S. The summed E-state index contributed by atoms with van der Waals surface area (Å²) in [6, 6.07) is 13.7. The molecule has 0 amide bonds. The Morgan fingerprint density at radius 1 is 0.950 bits per heavy atom. The van der Waals surface area contributed by atoms with Crippen LogP contribution in [0.5, 0.6) is 5.75 Å². The highest BCUT2D eigenvalue weighted by Crippen LogP contribution is 2.20. The van der Waals surface area contributed by atoms with Crippen molar-refractivity contribution < 1.29 is 13.2 Å². The molecule has 2 aromatic carbocycles. The van der Waals surface area contributed by atoms with Crippen molar-refractivity contribution in [3.8, 4) is 5.75 Å². The lowest BCUT2D eigenvalue weighted by atomic mass is 10.1. The Morgan fingerprint density at radius 2 is 1.50 bits per heavy atom. The number of benzene rings is 2. The number of ether oxygens (including phenoxy) is 1. The Kier molecular flexibility index (Phi) is 4.42. The minimum atomic E-state index is -3.34. The molecule has 0 aliphatic carbocycles. The zero-order valence-electron chi connectivity index (χ0n) is 11.2. The largest absolute Gasteiger partial charge is 0.497 e. The fourth-order valence-corrected chi connectivity index (χ4v) is 3.21. The van der Waals surface area contributed by atoms with Crippen molar-refractivity contribution in [2.45, 2.75) is 17.2 Å². The van der Waals surface area contributed by atoms with E-state index in [9.17, 15) is 8.42 Å². The van der Waals surface area contributed by atoms with Crippen LogP contribution in [0.3, 0.4) is 0 Å². The normalized spacial score (nSPS) is 11.3. The molecule has 2 N–H and O–H groups in total. The first kappa shape index (κ1) is 14.6. The van der Waals surface area contributed by atoms with E-state index in [1.807, 2.05) is 12.1 Å². The van der Waals surface area contributed by atoms with Crippen LogP contribution in [-0.2, 0) is 22.1 Å². The van der Waals surface area contributed by atoms with Gasteiger partial charge in [-0.2, -0.15) is 0 Å². The van der Waals surface area contributed by atoms with Gasteiger partial charge in [0.2, 0.25) is 0 Å². The lowest BCUT2D eigenvalue weighted by molar-refractivity contribution is 0.414. The van der Waals surface area contributed by atoms with Crippen molar-refractivity contribution in [1.82, 2.24) is 0 Å². The first-order chi connectivity index (χ1) is 9.55. The monoisotopic (exact) mass is 291 g/mol. The van der Waals surface area contributed by atoms with Crippen LogP contribution in [0, 0.1) is 0 Å². The molecule has 2 rings (SSSR count). The van der Waals surface area contributed by atoms with Gasteiger partial charge in [-0.25, -0.2) is 8.42 Å². The molecule has 0 unspecified atom stereocenters. The zero-order valence-corrected chi connectivity index (χ0v) is 12.1. The predicted octanol–water partition coefficient (Wildman–Crippen LogP) is 2.13. The SMILES string of the molecule is COc1ccc(S(=O)(=O)Cc2ccc(CN)cc2)cc1. The second kappa shape index (κ2) is 6.07. The Labute approximate surface area is 119 Å². The summed E-state index contributed by atoms with van der Waals surface area (Å²) in [4.78, 5) is 0.293. The Balaban J connectivity index is 2.20. The van der Waals surface area contributed by atoms with Gasteiger partial charge in [0, 0.05) is 6.54 Å². The third kappa shape index (κ3) is 3.37. The van der Waals surface area contributed by atoms with Crippen LogP contribution in [-0.4, -0.2) is 15.5 Å². The van der Waals surface area contributed by atoms with Crippen molar-refractivity contribution in [3.05, 3.63) is 59.7 Å². The fourth-order valence-electron chi connectivity index (χ4n) is 1.86. The van der Waals surface area contributed by atoms with E-state index in [1.54, 1.807) is 43.5 Å². The van der Waals surface area contributed by atoms with Gasteiger partial charge in [-0.05, 0) is 35.4 Å². The van der Waals surface area contributed by atoms with Gasteiger partial charge in [0.15, 0.2) is 9.84 Å². The van der Waals surface area contributed by atoms with E-state index >= 15 is 0 Å². The average Bonchev–Trinajstić information content (AvgIpc) is 2.48. The van der Waals surface area contributed by atoms with Crippen molar-refractivity contribution in [2.24, 2.45) is 5.73 Å². The minimum absolute atomic E-state index is 0.0236. The molecule has 0 saturated heterocycles. The van der Waals surface area contributed by atoms with Gasteiger partial charge in [-0.1, -0.05) is 24.3 Å². The quantitative estimate of drug-likeness (QED) is 0.916. The highest BCUT2D eigenvalue weighted by Gasteiger charge is 2.15. The van der Waals surface area contributed by atoms with Crippen LogP contribution in [0.4, 0.5) is 0 Å². The lowest BCUT2D eigenvalue weighted by Gasteiger charge is -2.06. The second-order valence-electron chi connectivity index (χ2n) is 4.46. The molecule has 0 radical (unpaired) electrons. The first-order valence-electron chi connectivity index (χ1n) is 6.20. The van der Waals surface area contributed by atoms with E-state index in [2.05, 4.69) is 0 Å². The van der Waals surface area contributed by atoms with Crippen molar-refractivity contribution >= 4 is 9.84 Å². The molecule has 5 heteroatoms. The van der Waals surface area contributed by atoms with Gasteiger partial charge in [0.05, 0.1) is 17.8 Å². The Morgan fingerprint density at radius 3 is 2.00 bits per heavy atom. The number of methoxy groups -OCH3 is 1. The summed E-state index contributed by atoms with van der Waals surface area (Å²) in [5.74, 6) is 0.612.